The third-order valence-corrected chi connectivity index (χ3v) is 16.9. The Kier molecular flexibility index (Phi) is 25.7. The topological polar surface area (TPSA) is 527 Å². The zero-order valence-electron chi connectivity index (χ0n) is 51.4. The van der Waals surface area contributed by atoms with Crippen LogP contribution in [0.2, 0.25) is 0 Å². The molecule has 2 fully saturated rings. The van der Waals surface area contributed by atoms with Crippen LogP contribution in [-0.4, -0.2) is 226 Å². The van der Waals surface area contributed by atoms with Crippen LogP contribution in [0.1, 0.15) is 172 Å². The van der Waals surface area contributed by atoms with E-state index < -0.39 is 222 Å². The quantitative estimate of drug-likeness (QED) is 0.0466. The predicted octanol–water partition coefficient (Wildman–Crippen LogP) is 0.608. The number of methoxy groups -OCH3 is 2. The number of hydrogen-bond donors (Lipinski definition) is 15. The van der Waals surface area contributed by atoms with Gasteiger partial charge in [-0.1, -0.05) is 39.1 Å². The van der Waals surface area contributed by atoms with E-state index in [-0.39, 0.29) is 95.9 Å². The van der Waals surface area contributed by atoms with Crippen molar-refractivity contribution in [3.05, 3.63) is 103 Å². The van der Waals surface area contributed by atoms with Crippen molar-refractivity contribution < 1.29 is 143 Å². The molecule has 4 aliphatic carbocycles. The van der Waals surface area contributed by atoms with Crippen molar-refractivity contribution >= 4 is 58.2 Å². The summed E-state index contributed by atoms with van der Waals surface area (Å²) in [7, 11) is 4.31. The molecule has 31 nitrogen and oxygen atoms in total. The van der Waals surface area contributed by atoms with Crippen LogP contribution in [0.4, 0.5) is 0 Å². The van der Waals surface area contributed by atoms with Crippen molar-refractivity contribution in [1.29, 1.82) is 0 Å². The standard InChI is InChI=1S/C28H31NO11.C27H29NO11.C4H6O4.C4H6O3.2CH4/c1-11-23(32)14(29-2)7-18(39-11)40-16-9-28(37,17(31)10-30)8-13-20(16)27(36)22-21(25(13)34)24(33)12-5-4-6-15(38-3)19(12)26(22)35;1-10-22(31)13(28)6-17(38-10)39-15-8-27(36,16(30)9-29)7-12-19(15)26(35)21-20(24(12)33)23(32)11-4-3-5-14(37-2)18(11)25(21)34;5-2-3(6)1-4(7)8;1-3(5)2-4(6)7;;/h4-6,11,14,16,18,23,29-30,32,34,36-37H,7-10H2,1-3H3;3-5,10,13,15,17,22,29,31,33,35-36H,6-9,28H2,1-2H3;5H,1-2H2,(H,7,8);2H2,1H3,(H,6,7);2*1H4/t11?,14?,16-,18?,23?,28-;10?,13?,15-,17?,22?,27-;;;;/m00..../s1. The number of likely N-dealkylation sites (N-methyl/N-ethyl adjacent to an activating group) is 1. The number of aliphatic hydroxyl groups excluding tert-OH is 5. The van der Waals surface area contributed by atoms with Gasteiger partial charge in [0.2, 0.25) is 11.6 Å². The zero-order valence-corrected chi connectivity index (χ0v) is 51.4. The van der Waals surface area contributed by atoms with Crippen molar-refractivity contribution in [1.82, 2.24) is 5.32 Å². The summed E-state index contributed by atoms with van der Waals surface area (Å²) in [5, 5.41) is 135. The van der Waals surface area contributed by atoms with E-state index in [1.807, 2.05) is 0 Å². The number of carboxylic acid groups (broad SMARTS) is 2. The molecule has 524 valence electrons. The molecular formula is C65H80N2O29. The van der Waals surface area contributed by atoms with Gasteiger partial charge in [-0.25, -0.2) is 0 Å². The molecule has 6 aliphatic rings. The zero-order chi connectivity index (χ0) is 69.9. The van der Waals surface area contributed by atoms with Crippen LogP contribution in [0.15, 0.2) is 36.4 Å². The van der Waals surface area contributed by atoms with Gasteiger partial charge in [0.05, 0.1) is 84.2 Å². The Morgan fingerprint density at radius 3 is 1.29 bits per heavy atom. The second-order valence-electron chi connectivity index (χ2n) is 23.1. The number of carbonyl (C=O) groups excluding carboxylic acids is 8. The van der Waals surface area contributed by atoms with Crippen LogP contribution < -0.4 is 20.5 Å². The number of fused-ring (bicyclic) bond motifs is 6. The lowest BCUT2D eigenvalue weighted by molar-refractivity contribution is -0.249. The molecule has 0 saturated carbocycles. The van der Waals surface area contributed by atoms with Gasteiger partial charge in [-0.2, -0.15) is 0 Å². The molecule has 0 radical (unpaired) electrons. The molecule has 16 N–H and O–H groups in total. The maximum atomic E-state index is 13.7. The minimum Gasteiger partial charge on any atom is -0.507 e. The SMILES string of the molecule is C.C.CC(=O)CC(=O)O.CNC1CC(O[C@H]2C[C@](O)(C(=O)CO)Cc3c(O)c4c(c(O)c32)C(=O)c2c(OC)cccc2C4=O)OC(C)C1O.COc1cccc2c1C(=O)c1c(O)c3c(c(O)c1C2=O)C[C@@](O)(C(=O)CO)C[C@@H]3OC1CC(N)C(O)C(C)O1.O=C(O)CC(=O)CO. The van der Waals surface area contributed by atoms with Crippen molar-refractivity contribution in [3.63, 3.8) is 0 Å². The van der Waals surface area contributed by atoms with E-state index in [4.69, 9.17) is 49.5 Å². The number of carboxylic acids is 2. The third-order valence-electron chi connectivity index (χ3n) is 16.9. The second kappa shape index (κ2) is 31.6. The Labute approximate surface area is 548 Å². The fourth-order valence-corrected chi connectivity index (χ4v) is 12.2. The summed E-state index contributed by atoms with van der Waals surface area (Å²) in [5.41, 5.74) is -1.15. The van der Waals surface area contributed by atoms with Gasteiger partial charge in [0.25, 0.3) is 0 Å². The summed E-state index contributed by atoms with van der Waals surface area (Å²) in [6.07, 6.45) is -10.7. The number of benzene rings is 4. The number of rotatable bonds is 16. The first-order chi connectivity index (χ1) is 44.2. The van der Waals surface area contributed by atoms with E-state index in [9.17, 15) is 99.0 Å². The normalized spacial score (nSPS) is 25.7. The number of ketones is 8. The molecule has 0 bridgehead atoms. The van der Waals surface area contributed by atoms with Gasteiger partial charge >= 0.3 is 11.9 Å². The maximum absolute atomic E-state index is 13.7. The summed E-state index contributed by atoms with van der Waals surface area (Å²) >= 11 is 0. The van der Waals surface area contributed by atoms with Gasteiger partial charge in [0, 0.05) is 84.0 Å². The van der Waals surface area contributed by atoms with E-state index in [2.05, 4.69) is 5.32 Å². The fraction of sp³-hybridized carbons (Fsp3) is 0.477. The lowest BCUT2D eigenvalue weighted by Gasteiger charge is -2.42. The molecule has 4 aromatic rings. The summed E-state index contributed by atoms with van der Waals surface area (Å²) in [6, 6.07) is 7.60. The number of nitrogens with one attached hydrogen (secondary N) is 1. The minimum absolute atomic E-state index is 0. The lowest BCUT2D eigenvalue weighted by Crippen LogP contribution is -2.53. The average molecular weight is 1350 g/mol. The van der Waals surface area contributed by atoms with Crippen molar-refractivity contribution in [2.24, 2.45) is 5.73 Å². The Morgan fingerprint density at radius 1 is 0.583 bits per heavy atom. The van der Waals surface area contributed by atoms with Crippen LogP contribution in [0.3, 0.4) is 0 Å². The fourth-order valence-electron chi connectivity index (χ4n) is 12.2. The maximum Gasteiger partial charge on any atom is 0.310 e. The van der Waals surface area contributed by atoms with E-state index in [1.54, 1.807) is 20.9 Å². The largest absolute Gasteiger partial charge is 0.507 e. The molecule has 2 heterocycles. The monoisotopic (exact) mass is 1350 g/mol. The number of aliphatic carboxylic acids is 2. The number of Topliss-reactive ketones (excluding diaryl/α,β-unsaturated/α-hetero) is 4. The average Bonchev–Trinajstić information content (AvgIpc) is 0.718. The number of phenolic OH excluding ortho intramolecular Hbond substituents is 4. The lowest BCUT2D eigenvalue weighted by atomic mass is 9.72. The van der Waals surface area contributed by atoms with Gasteiger partial charge in [0.15, 0.2) is 41.5 Å². The number of aromatic hydroxyl groups is 4. The van der Waals surface area contributed by atoms with Gasteiger partial charge in [-0.3, -0.25) is 47.9 Å². The number of hydrogen-bond acceptors (Lipinski definition) is 29. The molecule has 31 heteroatoms. The Hall–Kier alpha value is -8.54. The molecule has 12 atom stereocenters. The molecule has 10 rings (SSSR count). The predicted molar refractivity (Wildman–Crippen MR) is 329 cm³/mol. The number of aliphatic hydroxyl groups is 7. The van der Waals surface area contributed by atoms with E-state index in [0.29, 0.717) is 0 Å². The highest BCUT2D eigenvalue weighted by Crippen LogP contribution is 2.55. The number of phenols is 4. The highest BCUT2D eigenvalue weighted by atomic mass is 16.7. The van der Waals surface area contributed by atoms with Crippen molar-refractivity contribution in [2.75, 3.05) is 41.1 Å². The smallest absolute Gasteiger partial charge is 0.310 e. The molecule has 2 aliphatic heterocycles. The Bertz CT molecular complexity index is 3690. The van der Waals surface area contributed by atoms with Gasteiger partial charge < -0.3 is 106 Å². The van der Waals surface area contributed by atoms with Gasteiger partial charge in [-0.05, 0) is 40.0 Å². The van der Waals surface area contributed by atoms with Crippen LogP contribution in [0, 0.1) is 0 Å². The highest BCUT2D eigenvalue weighted by Gasteiger charge is 2.53. The summed E-state index contributed by atoms with van der Waals surface area (Å²) in [4.78, 5) is 119. The van der Waals surface area contributed by atoms with Crippen LogP contribution in [0.25, 0.3) is 0 Å². The first-order valence-electron chi connectivity index (χ1n) is 29.1. The molecule has 0 spiro atoms. The Morgan fingerprint density at radius 2 is 0.969 bits per heavy atom. The molecule has 0 amide bonds. The number of carbonyl (C=O) groups is 10. The molecule has 0 aromatic heterocycles. The van der Waals surface area contributed by atoms with E-state index >= 15 is 0 Å². The molecule has 4 aromatic carbocycles. The van der Waals surface area contributed by atoms with Crippen LogP contribution in [0.5, 0.6) is 34.5 Å². The number of ether oxygens (including phenoxy) is 6. The van der Waals surface area contributed by atoms with Crippen molar-refractivity contribution in [3.8, 4) is 34.5 Å². The first-order valence-corrected chi connectivity index (χ1v) is 29.1. The molecule has 8 unspecified atom stereocenters. The highest BCUT2D eigenvalue weighted by molar-refractivity contribution is 6.32. The van der Waals surface area contributed by atoms with Crippen LogP contribution in [-0.2, 0) is 60.6 Å². The van der Waals surface area contributed by atoms with E-state index in [1.165, 1.54) is 57.5 Å². The van der Waals surface area contributed by atoms with Gasteiger partial charge in [0.1, 0.15) is 84.1 Å². The van der Waals surface area contributed by atoms with Crippen molar-refractivity contribution in [2.45, 2.75) is 159 Å². The number of nitrogens with two attached hydrogens (primary N) is 1. The molecule has 96 heavy (non-hydrogen) atoms. The summed E-state index contributed by atoms with van der Waals surface area (Å²) < 4.78 is 34.2. The summed E-state index contributed by atoms with van der Waals surface area (Å²) in [6.45, 7) is 1.75. The van der Waals surface area contributed by atoms with Gasteiger partial charge in [-0.15, -0.1) is 0 Å². The van der Waals surface area contributed by atoms with Crippen LogP contribution >= 0.6 is 0 Å². The third kappa shape index (κ3) is 15.3. The molecular weight excluding hydrogens is 1270 g/mol. The second-order valence-corrected chi connectivity index (χ2v) is 23.1. The summed E-state index contributed by atoms with van der Waals surface area (Å²) in [5.74, 6) is -10.7. The van der Waals surface area contributed by atoms with E-state index in [0.717, 1.165) is 0 Å². The first kappa shape index (κ1) is 78.2. The molecule has 2 saturated heterocycles. The Balaban J connectivity index is 0.000000281. The minimum atomic E-state index is -2.24.